The minimum atomic E-state index is -2.55. The minimum Gasteiger partial charge on any atom is -0.507 e. The summed E-state index contributed by atoms with van der Waals surface area (Å²) < 4.78 is 38.1. The van der Waals surface area contributed by atoms with Gasteiger partial charge in [-0.2, -0.15) is 0 Å². The molecule has 0 saturated heterocycles. The second kappa shape index (κ2) is 17.1. The van der Waals surface area contributed by atoms with Crippen LogP contribution in [0.4, 0.5) is 0 Å². The van der Waals surface area contributed by atoms with Gasteiger partial charge in [0.2, 0.25) is 0 Å². The molecule has 5 heteroatoms. The van der Waals surface area contributed by atoms with E-state index < -0.39 is 12.7 Å². The number of imidazole rings is 1. The Balaban J connectivity index is 0.00000630. The molecule has 6 aromatic carbocycles. The number of hydrogen-bond acceptors (Lipinski definition) is 3. The van der Waals surface area contributed by atoms with Crippen molar-refractivity contribution in [2.45, 2.75) is 93.3 Å². The van der Waals surface area contributed by atoms with Crippen molar-refractivity contribution in [2.24, 2.45) is 0 Å². The number of aromatic hydroxyl groups is 1. The van der Waals surface area contributed by atoms with Crippen LogP contribution in [-0.4, -0.2) is 19.6 Å². The molecule has 0 aliphatic heterocycles. The van der Waals surface area contributed by atoms with Gasteiger partial charge in [-0.15, -0.1) is 29.3 Å². The van der Waals surface area contributed by atoms with E-state index in [-0.39, 0.29) is 43.7 Å². The summed E-state index contributed by atoms with van der Waals surface area (Å²) in [5, 5.41) is 11.8. The van der Waals surface area contributed by atoms with Crippen molar-refractivity contribution in [3.63, 3.8) is 0 Å². The number of aromatic nitrogens is 3. The maximum absolute atomic E-state index is 11.8. The number of nitrogens with zero attached hydrogens (tertiary/aromatic N) is 3. The second-order valence-electron chi connectivity index (χ2n) is 17.8. The van der Waals surface area contributed by atoms with Gasteiger partial charge in [-0.05, 0) is 125 Å². The van der Waals surface area contributed by atoms with Crippen LogP contribution in [0.5, 0.6) is 5.75 Å². The molecule has 2 aromatic heterocycles. The molecule has 0 radical (unpaired) electrons. The van der Waals surface area contributed by atoms with Crippen molar-refractivity contribution in [2.75, 3.05) is 0 Å². The van der Waals surface area contributed by atoms with Gasteiger partial charge in [-0.25, -0.2) is 4.98 Å². The third-order valence-corrected chi connectivity index (χ3v) is 11.6. The Bertz CT molecular complexity index is 3080. The number of phenols is 1. The molecule has 4 nitrogen and oxygen atoms in total. The van der Waals surface area contributed by atoms with E-state index >= 15 is 0 Å². The summed E-state index contributed by atoms with van der Waals surface area (Å²) in [6.45, 7) is 17.9. The third kappa shape index (κ3) is 8.40. The van der Waals surface area contributed by atoms with Crippen LogP contribution in [-0.2, 0) is 26.5 Å². The molecule has 1 N–H and O–H groups in total. The standard InChI is InChI=1S/C56H56N3O.Pt/c1-33(2)45-14-12-15-46(34(3)4)52(45)41-22-23-50(37(7)28-41)59-51-17-13-16-47(53(51)58-55(59)48-27-36(6)26-38(8)54(48)60)42-29-43(31-44(30-42)56(9,10)11)49-32-40(24-25-57-49)39-20-18-35(5)19-21-39;/h12-28,30-34,60H,1-11H3;/q-1;/i7D3,33D;. The molecule has 8 aromatic rings. The third-order valence-electron chi connectivity index (χ3n) is 11.6. The zero-order valence-corrected chi connectivity index (χ0v) is 39.0. The molecule has 0 atom stereocenters. The molecule has 0 aliphatic carbocycles. The minimum absolute atomic E-state index is 0. The molecule has 2 heterocycles. The molecule has 8 rings (SSSR count). The van der Waals surface area contributed by atoms with E-state index in [0.29, 0.717) is 33.7 Å². The zero-order valence-electron chi connectivity index (χ0n) is 40.7. The quantitative estimate of drug-likeness (QED) is 0.154. The number of fused-ring (bicyclic) bond motifs is 1. The van der Waals surface area contributed by atoms with Crippen LogP contribution in [0.25, 0.3) is 72.7 Å². The molecule has 0 spiro atoms. The van der Waals surface area contributed by atoms with Crippen LogP contribution in [0.15, 0.2) is 121 Å². The molecule has 312 valence electrons. The molecule has 0 aliphatic rings. The SMILES string of the molecule is [2H]C([2H])([2H])c1cc(-c2c(C(C)C)cccc2C([2H])(C)C)ccc1-n1c(-c2cc(C)cc(C)c2O)nc2c(-c3[c-]c(-c4cc(-c5ccc(C)cc5)ccn4)cc(C(C)(C)C)c3)cccc21.[Pt]. The van der Waals surface area contributed by atoms with Gasteiger partial charge in [0.15, 0.2) is 0 Å². The molecule has 61 heavy (non-hydrogen) atoms. The van der Waals surface area contributed by atoms with Crippen molar-refractivity contribution in [3.8, 4) is 67.5 Å². The van der Waals surface area contributed by atoms with Crippen LogP contribution in [0, 0.1) is 33.7 Å². The van der Waals surface area contributed by atoms with E-state index in [4.69, 9.17) is 15.5 Å². The van der Waals surface area contributed by atoms with Crippen molar-refractivity contribution < 1.29 is 31.7 Å². The summed E-state index contributed by atoms with van der Waals surface area (Å²) in [7, 11) is 0. The number of hydrogen-bond donors (Lipinski definition) is 1. The second-order valence-corrected chi connectivity index (χ2v) is 17.8. The topological polar surface area (TPSA) is 50.9 Å². The first-order valence-electron chi connectivity index (χ1n) is 22.8. The fourth-order valence-corrected chi connectivity index (χ4v) is 8.34. The summed E-state index contributed by atoms with van der Waals surface area (Å²) in [5.74, 6) is -0.317. The van der Waals surface area contributed by atoms with Crippen molar-refractivity contribution >= 4 is 11.0 Å². The first kappa shape index (κ1) is 38.4. The Morgan fingerprint density at radius 3 is 2.11 bits per heavy atom. The van der Waals surface area contributed by atoms with Crippen molar-refractivity contribution in [1.29, 1.82) is 0 Å². The summed E-state index contributed by atoms with van der Waals surface area (Å²) in [4.78, 5) is 10.2. The van der Waals surface area contributed by atoms with Crippen molar-refractivity contribution in [1.82, 2.24) is 14.5 Å². The normalized spacial score (nSPS) is 13.1. The fraction of sp³-hybridized carbons (Fsp3) is 0.250. The van der Waals surface area contributed by atoms with Crippen LogP contribution in [0.3, 0.4) is 0 Å². The van der Waals surface area contributed by atoms with E-state index in [1.165, 1.54) is 5.56 Å². The van der Waals surface area contributed by atoms with Gasteiger partial charge < -0.3 is 5.11 Å². The number of benzene rings is 6. The molecule has 0 bridgehead atoms. The van der Waals surface area contributed by atoms with Gasteiger partial charge in [0.05, 0.1) is 22.3 Å². The van der Waals surface area contributed by atoms with Crippen LogP contribution >= 0.6 is 0 Å². The van der Waals surface area contributed by atoms with Gasteiger partial charge >= 0.3 is 0 Å². The smallest absolute Gasteiger partial charge is 0.148 e. The number of pyridine rings is 1. The maximum atomic E-state index is 11.8. The van der Waals surface area contributed by atoms with E-state index in [0.717, 1.165) is 66.9 Å². The average molecular weight is 986 g/mol. The molecule has 0 fully saturated rings. The zero-order chi connectivity index (χ0) is 46.0. The first-order valence-corrected chi connectivity index (χ1v) is 20.8. The summed E-state index contributed by atoms with van der Waals surface area (Å²) >= 11 is 0. The Hall–Kier alpha value is -5.57. The van der Waals surface area contributed by atoms with Crippen LogP contribution < -0.4 is 0 Å². The summed E-state index contributed by atoms with van der Waals surface area (Å²) in [6, 6.07) is 42.1. The molecule has 0 amide bonds. The van der Waals surface area contributed by atoms with Gasteiger partial charge in [0.1, 0.15) is 11.6 Å². The van der Waals surface area contributed by atoms with Gasteiger partial charge in [-0.3, -0.25) is 9.55 Å². The Morgan fingerprint density at radius 2 is 1.41 bits per heavy atom. The Morgan fingerprint density at radius 1 is 0.705 bits per heavy atom. The van der Waals surface area contributed by atoms with Gasteiger partial charge in [0.25, 0.3) is 0 Å². The van der Waals surface area contributed by atoms with Gasteiger partial charge in [-0.1, -0.05) is 138 Å². The fourth-order valence-electron chi connectivity index (χ4n) is 8.34. The van der Waals surface area contributed by atoms with Crippen LogP contribution in [0.1, 0.15) is 105 Å². The molecule has 0 saturated carbocycles. The maximum Gasteiger partial charge on any atom is 0.148 e. The number of phenolic OH excluding ortho intramolecular Hbond substituents is 1. The monoisotopic (exact) mass is 985 g/mol. The van der Waals surface area contributed by atoms with Gasteiger partial charge in [0, 0.05) is 38.4 Å². The first-order chi connectivity index (χ1) is 30.1. The largest absolute Gasteiger partial charge is 0.507 e. The summed E-state index contributed by atoms with van der Waals surface area (Å²) in [6.07, 6.45) is 1.84. The molecule has 0 unspecified atom stereocenters. The van der Waals surface area contributed by atoms with Crippen LogP contribution in [0.2, 0.25) is 0 Å². The Labute approximate surface area is 382 Å². The van der Waals surface area contributed by atoms with Crippen molar-refractivity contribution in [3.05, 3.63) is 166 Å². The van der Waals surface area contributed by atoms with E-state index in [2.05, 4.69) is 96.1 Å². The Kier molecular flexibility index (Phi) is 10.7. The molecular weight excluding hydrogens is 926 g/mol. The molecular formula is C56H56N3OPt-. The number of para-hydroxylation sites is 1. The van der Waals surface area contributed by atoms with E-state index in [9.17, 15) is 5.11 Å². The average Bonchev–Trinajstić information content (AvgIpc) is 3.63. The van der Waals surface area contributed by atoms with E-state index in [1.54, 1.807) is 6.07 Å². The summed E-state index contributed by atoms with van der Waals surface area (Å²) in [5.41, 5.74) is 15.0. The number of rotatable bonds is 8. The predicted molar refractivity (Wildman–Crippen MR) is 252 cm³/mol. The van der Waals surface area contributed by atoms with E-state index in [1.807, 2.05) is 99.1 Å². The predicted octanol–water partition coefficient (Wildman–Crippen LogP) is 15.0. The number of aryl methyl sites for hydroxylation is 4.